The molecule has 0 aliphatic carbocycles. The standard InChI is InChI=1S/C12H17N3O5/c16-8-4-2-1-3-7-13-11-6-5-10(14(17)18)9-12(11)15(19)20/h5-6,9,13,16H,1-4,7-8H2. The van der Waals surface area contributed by atoms with E-state index in [1.165, 1.54) is 12.1 Å². The lowest BCUT2D eigenvalue weighted by molar-refractivity contribution is -0.393. The monoisotopic (exact) mass is 283 g/mol. The van der Waals surface area contributed by atoms with Crippen LogP contribution in [0.15, 0.2) is 18.2 Å². The summed E-state index contributed by atoms with van der Waals surface area (Å²) in [6, 6.07) is 3.54. The SMILES string of the molecule is O=[N+]([O-])c1ccc(NCCCCCCO)c([N+](=O)[O-])c1. The fourth-order valence-electron chi connectivity index (χ4n) is 1.75. The Hall–Kier alpha value is -2.22. The van der Waals surface area contributed by atoms with Gasteiger partial charge in [-0.05, 0) is 18.9 Å². The van der Waals surface area contributed by atoms with Gasteiger partial charge in [-0.3, -0.25) is 20.2 Å². The number of aliphatic hydroxyl groups is 1. The van der Waals surface area contributed by atoms with E-state index in [9.17, 15) is 20.2 Å². The Balaban J connectivity index is 2.60. The molecule has 1 aromatic carbocycles. The second-order valence-electron chi connectivity index (χ2n) is 4.28. The molecule has 20 heavy (non-hydrogen) atoms. The van der Waals surface area contributed by atoms with Gasteiger partial charge in [-0.15, -0.1) is 0 Å². The van der Waals surface area contributed by atoms with E-state index >= 15 is 0 Å². The molecule has 0 bridgehead atoms. The lowest BCUT2D eigenvalue weighted by Gasteiger charge is -2.06. The summed E-state index contributed by atoms with van der Waals surface area (Å²) in [6.07, 6.45) is 3.38. The first kappa shape index (κ1) is 15.8. The Morgan fingerprint density at radius 1 is 1.05 bits per heavy atom. The van der Waals surface area contributed by atoms with Gasteiger partial charge in [0.25, 0.3) is 11.4 Å². The number of aliphatic hydroxyl groups excluding tert-OH is 1. The van der Waals surface area contributed by atoms with Gasteiger partial charge in [0.1, 0.15) is 5.69 Å². The van der Waals surface area contributed by atoms with Crippen molar-refractivity contribution in [1.82, 2.24) is 0 Å². The van der Waals surface area contributed by atoms with Crippen LogP contribution in [0.2, 0.25) is 0 Å². The van der Waals surface area contributed by atoms with Gasteiger partial charge in [0.2, 0.25) is 0 Å². The van der Waals surface area contributed by atoms with Crippen LogP contribution in [0.1, 0.15) is 25.7 Å². The molecule has 8 heteroatoms. The molecule has 0 unspecified atom stereocenters. The number of nitrogens with zero attached hydrogens (tertiary/aromatic N) is 2. The summed E-state index contributed by atoms with van der Waals surface area (Å²) in [5, 5.41) is 33.0. The molecule has 0 amide bonds. The summed E-state index contributed by atoms with van der Waals surface area (Å²) in [4.78, 5) is 20.2. The molecule has 1 aromatic rings. The van der Waals surface area contributed by atoms with Crippen LogP contribution in [0.25, 0.3) is 0 Å². The smallest absolute Gasteiger partial charge is 0.299 e. The summed E-state index contributed by atoms with van der Waals surface area (Å²) in [5.74, 6) is 0. The van der Waals surface area contributed by atoms with Gasteiger partial charge in [0.15, 0.2) is 0 Å². The van der Waals surface area contributed by atoms with Crippen molar-refractivity contribution in [2.75, 3.05) is 18.5 Å². The van der Waals surface area contributed by atoms with Crippen molar-refractivity contribution in [3.8, 4) is 0 Å². The third kappa shape index (κ3) is 4.81. The van der Waals surface area contributed by atoms with E-state index in [1.807, 2.05) is 0 Å². The molecule has 0 saturated carbocycles. The molecule has 0 fully saturated rings. The van der Waals surface area contributed by atoms with E-state index in [-0.39, 0.29) is 23.7 Å². The first-order valence-corrected chi connectivity index (χ1v) is 6.34. The van der Waals surface area contributed by atoms with Gasteiger partial charge < -0.3 is 10.4 Å². The largest absolute Gasteiger partial charge is 0.396 e. The molecule has 0 heterocycles. The minimum absolute atomic E-state index is 0.168. The van der Waals surface area contributed by atoms with E-state index in [2.05, 4.69) is 5.32 Å². The molecule has 2 N–H and O–H groups in total. The fraction of sp³-hybridized carbons (Fsp3) is 0.500. The minimum Gasteiger partial charge on any atom is -0.396 e. The van der Waals surface area contributed by atoms with Crippen molar-refractivity contribution >= 4 is 17.1 Å². The van der Waals surface area contributed by atoms with Crippen LogP contribution in [0, 0.1) is 20.2 Å². The van der Waals surface area contributed by atoms with Gasteiger partial charge in [0, 0.05) is 19.2 Å². The lowest BCUT2D eigenvalue weighted by Crippen LogP contribution is -2.05. The molecule has 8 nitrogen and oxygen atoms in total. The lowest BCUT2D eigenvalue weighted by atomic mass is 10.2. The minimum atomic E-state index is -0.661. The Labute approximate surface area is 115 Å². The molecular formula is C12H17N3O5. The second-order valence-corrected chi connectivity index (χ2v) is 4.28. The van der Waals surface area contributed by atoms with Crippen LogP contribution in [0.4, 0.5) is 17.1 Å². The number of nitro benzene ring substituents is 2. The topological polar surface area (TPSA) is 119 Å². The van der Waals surface area contributed by atoms with E-state index in [0.717, 1.165) is 31.7 Å². The van der Waals surface area contributed by atoms with Gasteiger partial charge in [-0.25, -0.2) is 0 Å². The Morgan fingerprint density at radius 3 is 2.35 bits per heavy atom. The quantitative estimate of drug-likeness (QED) is 0.408. The first-order chi connectivity index (χ1) is 9.56. The number of nitrogens with one attached hydrogen (secondary N) is 1. The number of rotatable bonds is 9. The average Bonchev–Trinajstić information content (AvgIpc) is 2.42. The third-order valence-corrected chi connectivity index (χ3v) is 2.79. The molecule has 0 spiro atoms. The van der Waals surface area contributed by atoms with Crippen molar-refractivity contribution < 1.29 is 15.0 Å². The van der Waals surface area contributed by atoms with Crippen molar-refractivity contribution in [3.05, 3.63) is 38.4 Å². The number of hydrogen-bond donors (Lipinski definition) is 2. The summed E-state index contributed by atoms with van der Waals surface area (Å²) >= 11 is 0. The van der Waals surface area contributed by atoms with Crippen LogP contribution in [-0.4, -0.2) is 28.1 Å². The number of anilines is 1. The van der Waals surface area contributed by atoms with Crippen molar-refractivity contribution in [1.29, 1.82) is 0 Å². The third-order valence-electron chi connectivity index (χ3n) is 2.79. The Bertz CT molecular complexity index is 478. The summed E-state index contributed by atoms with van der Waals surface area (Å²) in [5.41, 5.74) is -0.317. The summed E-state index contributed by atoms with van der Waals surface area (Å²) in [6.45, 7) is 0.714. The first-order valence-electron chi connectivity index (χ1n) is 6.34. The van der Waals surface area contributed by atoms with Crippen LogP contribution in [0.5, 0.6) is 0 Å². The molecule has 110 valence electrons. The maximum absolute atomic E-state index is 10.9. The molecule has 0 atom stereocenters. The van der Waals surface area contributed by atoms with E-state index in [1.54, 1.807) is 0 Å². The van der Waals surface area contributed by atoms with Crippen LogP contribution in [-0.2, 0) is 0 Å². The molecule has 0 radical (unpaired) electrons. The van der Waals surface area contributed by atoms with Gasteiger partial charge >= 0.3 is 0 Å². The van der Waals surface area contributed by atoms with E-state index in [0.29, 0.717) is 6.54 Å². The number of nitro groups is 2. The molecular weight excluding hydrogens is 266 g/mol. The normalized spacial score (nSPS) is 10.2. The predicted octanol–water partition coefficient (Wildman–Crippen LogP) is 2.47. The Kier molecular flexibility index (Phi) is 6.38. The molecule has 0 aliphatic heterocycles. The molecule has 1 rings (SSSR count). The fourth-order valence-corrected chi connectivity index (χ4v) is 1.75. The van der Waals surface area contributed by atoms with Crippen molar-refractivity contribution in [2.24, 2.45) is 0 Å². The zero-order valence-electron chi connectivity index (χ0n) is 10.9. The maximum Gasteiger partial charge on any atom is 0.299 e. The number of benzene rings is 1. The van der Waals surface area contributed by atoms with E-state index < -0.39 is 9.85 Å². The van der Waals surface area contributed by atoms with Crippen LogP contribution >= 0.6 is 0 Å². The molecule has 0 aliphatic rings. The summed E-state index contributed by atoms with van der Waals surface area (Å²) in [7, 11) is 0. The Morgan fingerprint density at radius 2 is 1.75 bits per heavy atom. The molecule has 0 aromatic heterocycles. The predicted molar refractivity (Wildman–Crippen MR) is 73.8 cm³/mol. The van der Waals surface area contributed by atoms with Crippen LogP contribution in [0.3, 0.4) is 0 Å². The highest BCUT2D eigenvalue weighted by molar-refractivity contribution is 5.65. The highest BCUT2D eigenvalue weighted by Gasteiger charge is 2.18. The number of non-ortho nitro benzene ring substituents is 1. The number of hydrogen-bond acceptors (Lipinski definition) is 6. The van der Waals surface area contributed by atoms with Crippen LogP contribution < -0.4 is 5.32 Å². The zero-order valence-corrected chi connectivity index (χ0v) is 10.9. The van der Waals surface area contributed by atoms with Gasteiger partial charge in [-0.2, -0.15) is 0 Å². The highest BCUT2D eigenvalue weighted by atomic mass is 16.6. The average molecular weight is 283 g/mol. The van der Waals surface area contributed by atoms with Gasteiger partial charge in [0.05, 0.1) is 15.9 Å². The summed E-state index contributed by atoms with van der Waals surface area (Å²) < 4.78 is 0. The second kappa shape index (κ2) is 8.05. The number of unbranched alkanes of at least 4 members (excludes halogenated alkanes) is 3. The van der Waals surface area contributed by atoms with E-state index in [4.69, 9.17) is 5.11 Å². The molecule has 0 saturated heterocycles. The van der Waals surface area contributed by atoms with Crippen molar-refractivity contribution in [2.45, 2.75) is 25.7 Å². The maximum atomic E-state index is 10.9. The van der Waals surface area contributed by atoms with Crippen molar-refractivity contribution in [3.63, 3.8) is 0 Å². The highest BCUT2D eigenvalue weighted by Crippen LogP contribution is 2.28. The van der Waals surface area contributed by atoms with Gasteiger partial charge in [-0.1, -0.05) is 12.8 Å². The zero-order chi connectivity index (χ0) is 15.0.